The Bertz CT molecular complexity index is 185. The minimum atomic E-state index is -2.07. The van der Waals surface area contributed by atoms with Crippen LogP contribution in [0.5, 0.6) is 0 Å². The van der Waals surface area contributed by atoms with Gasteiger partial charge in [0.15, 0.2) is 6.23 Å². The van der Waals surface area contributed by atoms with Crippen molar-refractivity contribution in [2.75, 3.05) is 0 Å². The van der Waals surface area contributed by atoms with Crippen molar-refractivity contribution in [3.05, 3.63) is 0 Å². The van der Waals surface area contributed by atoms with Crippen molar-refractivity contribution < 1.29 is 24.6 Å². The van der Waals surface area contributed by atoms with Gasteiger partial charge in [0.05, 0.1) is 0 Å². The number of aliphatic hydroxyl groups excluding tert-OH is 1. The maximum absolute atomic E-state index is 12.3. The molecule has 3 amide bonds. The molecule has 6 nitrogen and oxygen atoms in total. The summed E-state index contributed by atoms with van der Waals surface area (Å²) in [5.74, 6) is -1.11. The Morgan fingerprint density at radius 3 is 2.45 bits per heavy atom. The molecule has 0 bridgehead atoms. The van der Waals surface area contributed by atoms with Gasteiger partial charge in [-0.2, -0.15) is 0 Å². The molecule has 0 spiro atoms. The van der Waals surface area contributed by atoms with Crippen LogP contribution in [0.1, 0.15) is 0 Å². The molecular formula is C4H7FN2O4. The summed E-state index contributed by atoms with van der Waals surface area (Å²) in [6, 6.07) is -0.883. The van der Waals surface area contributed by atoms with Gasteiger partial charge >= 0.3 is 6.03 Å². The number of nitrogens with one attached hydrogen (secondary N) is 2. The number of carbonyl (C=O) groups excluding carboxylic acids is 2. The highest BCUT2D eigenvalue weighted by atomic mass is 19.1. The van der Waals surface area contributed by atoms with E-state index in [1.165, 1.54) is 0 Å². The van der Waals surface area contributed by atoms with Gasteiger partial charge in [-0.15, -0.1) is 0 Å². The fraction of sp³-hybridized carbons (Fsp3) is 0.500. The first kappa shape index (κ1) is 9.79. The summed E-state index contributed by atoms with van der Waals surface area (Å²) in [6.07, 6.45) is -3.79. The number of halogens is 1. The van der Waals surface area contributed by atoms with Crippen LogP contribution in [-0.2, 0) is 4.79 Å². The molecule has 1 aliphatic heterocycles. The number of alkyl halides is 1. The van der Waals surface area contributed by atoms with Crippen molar-refractivity contribution in [3.8, 4) is 0 Å². The molecule has 1 rings (SSSR count). The lowest BCUT2D eigenvalue weighted by Gasteiger charge is -2.21. The Morgan fingerprint density at radius 1 is 1.45 bits per heavy atom. The van der Waals surface area contributed by atoms with Crippen LogP contribution in [-0.4, -0.2) is 34.9 Å². The second-order valence-corrected chi connectivity index (χ2v) is 1.81. The number of aliphatic hydroxyl groups is 1. The van der Waals surface area contributed by atoms with Crippen LogP contribution in [0.4, 0.5) is 9.18 Å². The van der Waals surface area contributed by atoms with Gasteiger partial charge in [-0.05, 0) is 0 Å². The number of carbonyl (C=O) groups is 2. The monoisotopic (exact) mass is 166 g/mol. The van der Waals surface area contributed by atoms with E-state index in [1.807, 2.05) is 0 Å². The van der Waals surface area contributed by atoms with E-state index < -0.39 is 24.3 Å². The normalized spacial score (nSPS) is 30.0. The molecule has 0 aromatic rings. The topological polar surface area (TPSA) is 110 Å². The molecule has 0 saturated carbocycles. The lowest BCUT2D eigenvalue weighted by atomic mass is 10.3. The molecule has 11 heavy (non-hydrogen) atoms. The fourth-order valence-corrected chi connectivity index (χ4v) is 0.568. The van der Waals surface area contributed by atoms with Gasteiger partial charge in [0.25, 0.3) is 5.91 Å². The van der Waals surface area contributed by atoms with E-state index in [0.29, 0.717) is 0 Å². The zero-order valence-electron chi connectivity index (χ0n) is 5.30. The Hall–Kier alpha value is -1.21. The second-order valence-electron chi connectivity index (χ2n) is 1.81. The van der Waals surface area contributed by atoms with Crippen molar-refractivity contribution in [3.63, 3.8) is 0 Å². The quantitative estimate of drug-likeness (QED) is 0.375. The van der Waals surface area contributed by atoms with Crippen LogP contribution in [0.2, 0.25) is 0 Å². The van der Waals surface area contributed by atoms with Gasteiger partial charge in [0.1, 0.15) is 0 Å². The zero-order chi connectivity index (χ0) is 7.72. The summed E-state index contributed by atoms with van der Waals surface area (Å²) in [6.45, 7) is 0. The Morgan fingerprint density at radius 2 is 2.00 bits per heavy atom. The van der Waals surface area contributed by atoms with E-state index in [4.69, 9.17) is 5.11 Å². The van der Waals surface area contributed by atoms with Crippen molar-refractivity contribution in [1.29, 1.82) is 0 Å². The summed E-state index contributed by atoms with van der Waals surface area (Å²) in [5.41, 5.74) is 0. The van der Waals surface area contributed by atoms with Crippen LogP contribution in [0.3, 0.4) is 0 Å². The van der Waals surface area contributed by atoms with Crippen LogP contribution in [0.25, 0.3) is 0 Å². The lowest BCUT2D eigenvalue weighted by Crippen LogP contribution is -2.59. The summed E-state index contributed by atoms with van der Waals surface area (Å²) in [7, 11) is 0. The Kier molecular flexibility index (Phi) is 2.90. The molecule has 1 heterocycles. The van der Waals surface area contributed by atoms with E-state index in [-0.39, 0.29) is 5.48 Å². The standard InChI is InChI=1S/C4H5FN2O3.H2O/c5-1-2(8)6-4(10)7-3(1)9;/h1-2,8H,(H2,6,7,9,10);1H2. The average Bonchev–Trinajstić information content (AvgIpc) is 1.82. The third-order valence-corrected chi connectivity index (χ3v) is 1.04. The van der Waals surface area contributed by atoms with E-state index in [9.17, 15) is 14.0 Å². The van der Waals surface area contributed by atoms with Crippen LogP contribution < -0.4 is 10.6 Å². The molecule has 1 saturated heterocycles. The van der Waals surface area contributed by atoms with Gasteiger partial charge in [0, 0.05) is 0 Å². The first-order valence-electron chi connectivity index (χ1n) is 2.55. The predicted octanol–water partition coefficient (Wildman–Crippen LogP) is -2.34. The fourth-order valence-electron chi connectivity index (χ4n) is 0.568. The molecule has 0 aromatic heterocycles. The highest BCUT2D eigenvalue weighted by Crippen LogP contribution is 2.00. The number of imide groups is 1. The Labute approximate surface area is 60.7 Å². The van der Waals surface area contributed by atoms with E-state index >= 15 is 0 Å². The Balaban J connectivity index is 0.000001000. The summed E-state index contributed by atoms with van der Waals surface area (Å²) in [4.78, 5) is 20.6. The van der Waals surface area contributed by atoms with Gasteiger partial charge < -0.3 is 15.9 Å². The maximum Gasteiger partial charge on any atom is 0.323 e. The predicted molar refractivity (Wildman–Crippen MR) is 31.2 cm³/mol. The number of hydrogen-bond acceptors (Lipinski definition) is 3. The molecule has 5 N–H and O–H groups in total. The smallest absolute Gasteiger partial charge is 0.323 e. The molecule has 7 heteroatoms. The van der Waals surface area contributed by atoms with Crippen molar-refractivity contribution >= 4 is 11.9 Å². The number of rotatable bonds is 0. The first-order chi connectivity index (χ1) is 4.61. The van der Waals surface area contributed by atoms with Crippen molar-refractivity contribution in [2.45, 2.75) is 12.4 Å². The molecule has 2 atom stereocenters. The largest absolute Gasteiger partial charge is 0.412 e. The second kappa shape index (κ2) is 3.26. The minimum Gasteiger partial charge on any atom is -0.412 e. The molecule has 0 aliphatic carbocycles. The van der Waals surface area contributed by atoms with Crippen LogP contribution in [0.15, 0.2) is 0 Å². The number of urea groups is 1. The van der Waals surface area contributed by atoms with Crippen LogP contribution >= 0.6 is 0 Å². The molecule has 1 aliphatic rings. The summed E-state index contributed by atoms with van der Waals surface area (Å²) in [5, 5.41) is 12.0. The van der Waals surface area contributed by atoms with E-state index in [0.717, 1.165) is 0 Å². The van der Waals surface area contributed by atoms with E-state index in [1.54, 1.807) is 10.6 Å². The highest BCUT2D eigenvalue weighted by Gasteiger charge is 2.33. The molecule has 0 radical (unpaired) electrons. The van der Waals surface area contributed by atoms with Gasteiger partial charge in [-0.1, -0.05) is 0 Å². The number of amides is 3. The van der Waals surface area contributed by atoms with Gasteiger partial charge in [-0.25, -0.2) is 9.18 Å². The molecule has 0 aromatic carbocycles. The molecule has 1 fully saturated rings. The third-order valence-electron chi connectivity index (χ3n) is 1.04. The van der Waals surface area contributed by atoms with Crippen molar-refractivity contribution in [2.24, 2.45) is 0 Å². The zero-order valence-corrected chi connectivity index (χ0v) is 5.30. The first-order valence-corrected chi connectivity index (χ1v) is 2.55. The minimum absolute atomic E-state index is 0. The van der Waals surface area contributed by atoms with Crippen LogP contribution in [0, 0.1) is 0 Å². The highest BCUT2D eigenvalue weighted by molar-refractivity contribution is 5.99. The molecular weight excluding hydrogens is 159 g/mol. The van der Waals surface area contributed by atoms with Crippen molar-refractivity contribution in [1.82, 2.24) is 10.6 Å². The number of hydrogen-bond donors (Lipinski definition) is 3. The summed E-state index contributed by atoms with van der Waals surface area (Å²) < 4.78 is 12.3. The SMILES string of the molecule is O.O=C1NC(=O)C(F)C(O)N1. The summed E-state index contributed by atoms with van der Waals surface area (Å²) >= 11 is 0. The molecule has 2 unspecified atom stereocenters. The van der Waals surface area contributed by atoms with Gasteiger partial charge in [-0.3, -0.25) is 10.1 Å². The average molecular weight is 166 g/mol. The third kappa shape index (κ3) is 1.85. The lowest BCUT2D eigenvalue weighted by molar-refractivity contribution is -0.131. The maximum atomic E-state index is 12.3. The van der Waals surface area contributed by atoms with E-state index in [2.05, 4.69) is 0 Å². The molecule has 64 valence electrons. The van der Waals surface area contributed by atoms with Gasteiger partial charge in [0.2, 0.25) is 6.17 Å².